The van der Waals surface area contributed by atoms with Crippen LogP contribution >= 0.6 is 0 Å². The number of nitrogens with one attached hydrogen (secondary N) is 1. The maximum atomic E-state index is 15.7. The smallest absolute Gasteiger partial charge is 0.330 e. The summed E-state index contributed by atoms with van der Waals surface area (Å²) in [6.45, 7) is 10.3. The summed E-state index contributed by atoms with van der Waals surface area (Å²) in [5.41, 5.74) is -1.30. The number of hydrogen-bond donors (Lipinski definition) is 1. The van der Waals surface area contributed by atoms with Crippen molar-refractivity contribution in [3.63, 3.8) is 0 Å². The Kier molecular flexibility index (Phi) is 6.96. The minimum Gasteiger partial charge on any atom is -0.497 e. The minimum atomic E-state index is -2.36. The molecule has 10 heteroatoms. The van der Waals surface area contributed by atoms with Crippen LogP contribution in [0.1, 0.15) is 27.0 Å². The van der Waals surface area contributed by atoms with Crippen LogP contribution < -0.4 is 20.7 Å². The summed E-state index contributed by atoms with van der Waals surface area (Å²) in [6, 6.07) is 8.16. The predicted octanol–water partition coefficient (Wildman–Crippen LogP) is 3.25. The second-order valence-electron chi connectivity index (χ2n) is 9.36. The summed E-state index contributed by atoms with van der Waals surface area (Å²) in [5.74, 6) is 1.26. The van der Waals surface area contributed by atoms with Gasteiger partial charge in [0.05, 0.1) is 7.11 Å². The summed E-state index contributed by atoms with van der Waals surface area (Å²) in [6.07, 6.45) is -3.33. The summed E-state index contributed by atoms with van der Waals surface area (Å²) in [7, 11) is -0.790. The van der Waals surface area contributed by atoms with Crippen molar-refractivity contribution in [3.8, 4) is 11.5 Å². The predicted molar refractivity (Wildman–Crippen MR) is 121 cm³/mol. The molecule has 176 valence electrons. The van der Waals surface area contributed by atoms with E-state index in [1.165, 1.54) is 6.20 Å². The van der Waals surface area contributed by atoms with Gasteiger partial charge in [0, 0.05) is 12.3 Å². The van der Waals surface area contributed by atoms with E-state index >= 15 is 4.39 Å². The van der Waals surface area contributed by atoms with Crippen molar-refractivity contribution in [1.82, 2.24) is 9.55 Å². The fourth-order valence-corrected chi connectivity index (χ4v) is 4.50. The molecule has 1 fully saturated rings. The van der Waals surface area contributed by atoms with Gasteiger partial charge >= 0.3 is 5.69 Å². The fourth-order valence-electron chi connectivity index (χ4n) is 3.19. The Labute approximate surface area is 187 Å². The summed E-state index contributed by atoms with van der Waals surface area (Å²) in [5, 5.41) is -0.152. The van der Waals surface area contributed by atoms with E-state index < -0.39 is 44.2 Å². The van der Waals surface area contributed by atoms with E-state index in [4.69, 9.17) is 18.6 Å². The fraction of sp³-hybridized carbons (Fsp3) is 0.545. The molecule has 1 aromatic heterocycles. The maximum Gasteiger partial charge on any atom is 0.330 e. The maximum absolute atomic E-state index is 15.7. The van der Waals surface area contributed by atoms with Gasteiger partial charge < -0.3 is 18.6 Å². The average molecular weight is 467 g/mol. The molecule has 1 saturated heterocycles. The van der Waals surface area contributed by atoms with E-state index in [-0.39, 0.29) is 11.6 Å². The van der Waals surface area contributed by atoms with Gasteiger partial charge in [-0.15, -0.1) is 0 Å². The van der Waals surface area contributed by atoms with Crippen LogP contribution in [0.15, 0.2) is 46.1 Å². The van der Waals surface area contributed by atoms with Crippen molar-refractivity contribution in [2.24, 2.45) is 0 Å². The Bertz CT molecular complexity index is 1030. The Balaban J connectivity index is 1.86. The van der Waals surface area contributed by atoms with Crippen molar-refractivity contribution in [2.45, 2.75) is 63.5 Å². The number of halogens is 1. The van der Waals surface area contributed by atoms with Gasteiger partial charge in [-0.25, -0.2) is 9.18 Å². The van der Waals surface area contributed by atoms with Crippen LogP contribution in [0.4, 0.5) is 4.39 Å². The van der Waals surface area contributed by atoms with Crippen LogP contribution in [0, 0.1) is 0 Å². The molecule has 2 heterocycles. The third-order valence-corrected chi connectivity index (χ3v) is 10.6. The van der Waals surface area contributed by atoms with Crippen molar-refractivity contribution in [3.05, 3.63) is 57.4 Å². The van der Waals surface area contributed by atoms with Crippen molar-refractivity contribution >= 4 is 8.32 Å². The second kappa shape index (κ2) is 9.20. The number of aromatic nitrogens is 2. The molecule has 1 aliphatic rings. The van der Waals surface area contributed by atoms with E-state index in [1.54, 1.807) is 31.4 Å². The summed E-state index contributed by atoms with van der Waals surface area (Å²) < 4.78 is 40.0. The average Bonchev–Trinajstić information content (AvgIpc) is 3.01. The van der Waals surface area contributed by atoms with Crippen LogP contribution in [0.5, 0.6) is 11.5 Å². The largest absolute Gasteiger partial charge is 0.497 e. The van der Waals surface area contributed by atoms with Gasteiger partial charge in [0.2, 0.25) is 0 Å². The van der Waals surface area contributed by atoms with Crippen LogP contribution in [0.3, 0.4) is 0 Å². The Morgan fingerprint density at radius 3 is 2.31 bits per heavy atom. The molecule has 8 nitrogen and oxygen atoms in total. The van der Waals surface area contributed by atoms with Gasteiger partial charge in [-0.05, 0) is 42.4 Å². The highest BCUT2D eigenvalue weighted by Crippen LogP contribution is 2.42. The molecule has 1 aromatic carbocycles. The highest BCUT2D eigenvalue weighted by Gasteiger charge is 2.51. The molecule has 1 N–H and O–H groups in total. The lowest BCUT2D eigenvalue weighted by Crippen LogP contribution is -2.49. The molecule has 0 saturated carbocycles. The molecule has 32 heavy (non-hydrogen) atoms. The molecule has 0 spiro atoms. The van der Waals surface area contributed by atoms with Crippen molar-refractivity contribution < 1.29 is 23.0 Å². The van der Waals surface area contributed by atoms with E-state index in [0.717, 1.165) is 10.6 Å². The topological polar surface area (TPSA) is 91.8 Å². The monoisotopic (exact) mass is 466 g/mol. The second-order valence-corrected chi connectivity index (χ2v) is 14.1. The van der Waals surface area contributed by atoms with Gasteiger partial charge in [0.1, 0.15) is 30.3 Å². The third kappa shape index (κ3) is 5.13. The first kappa shape index (κ1) is 24.2. The number of hydrogen-bond acceptors (Lipinski definition) is 6. The minimum absolute atomic E-state index is 0.0284. The number of rotatable bonds is 7. The molecular weight excluding hydrogens is 435 g/mol. The lowest BCUT2D eigenvalue weighted by molar-refractivity contribution is -0.0435. The summed E-state index contributed by atoms with van der Waals surface area (Å²) in [4.78, 5) is 25.8. The zero-order valence-corrected chi connectivity index (χ0v) is 20.3. The van der Waals surface area contributed by atoms with Crippen molar-refractivity contribution in [1.29, 1.82) is 0 Å². The quantitative estimate of drug-likeness (QED) is 0.630. The van der Waals surface area contributed by atoms with Gasteiger partial charge in [0.25, 0.3) is 5.56 Å². The van der Waals surface area contributed by atoms with Gasteiger partial charge in [-0.1, -0.05) is 20.8 Å². The molecular formula is C22H31FN2O6Si. The number of benzene rings is 1. The molecule has 0 radical (unpaired) electrons. The molecule has 2 aromatic rings. The number of methoxy groups -OCH3 is 1. The molecule has 4 atom stereocenters. The lowest BCUT2D eigenvalue weighted by Gasteiger charge is -2.39. The first-order valence-corrected chi connectivity index (χ1v) is 13.4. The molecule has 1 unspecified atom stereocenters. The zero-order chi connectivity index (χ0) is 23.7. The number of aromatic amines is 1. The van der Waals surface area contributed by atoms with Gasteiger partial charge in [0.15, 0.2) is 20.7 Å². The first-order chi connectivity index (χ1) is 14.9. The van der Waals surface area contributed by atoms with E-state index in [0.29, 0.717) is 11.5 Å². The normalized spacial score (nSPS) is 23.8. The molecule has 0 bridgehead atoms. The Hall–Kier alpha value is -2.43. The van der Waals surface area contributed by atoms with Crippen LogP contribution in [0.25, 0.3) is 0 Å². The molecule has 0 aliphatic carbocycles. The highest BCUT2D eigenvalue weighted by atomic mass is 28.4. The zero-order valence-electron chi connectivity index (χ0n) is 19.3. The standard InChI is InChI=1S/C22H31FN2O6Si/c1-22(2,3)32(5,6)31-19-16(13-29-15-9-7-14(28-4)8-10-15)30-20(18(19)23)25-12-11-17(26)24-21(25)27/h7-12,16,18-20H,13H2,1-6H3,(H,24,26,27)/t16-,18+,19?,20-/m1/s1. The summed E-state index contributed by atoms with van der Waals surface area (Å²) >= 11 is 0. The third-order valence-electron chi connectivity index (χ3n) is 6.10. The van der Waals surface area contributed by atoms with E-state index in [1.807, 2.05) is 13.1 Å². The van der Waals surface area contributed by atoms with Crippen LogP contribution in [0.2, 0.25) is 18.1 Å². The van der Waals surface area contributed by atoms with Gasteiger partial charge in [-0.3, -0.25) is 14.3 Å². The SMILES string of the molecule is COc1ccc(OC[C@H]2O[C@@H](n3ccc(=O)[nH]c3=O)[C@@H](F)C2O[Si](C)(C)C(C)(C)C)cc1. The Morgan fingerprint density at radius 1 is 1.12 bits per heavy atom. The number of ether oxygens (including phenoxy) is 3. The molecule has 3 rings (SSSR count). The van der Waals surface area contributed by atoms with Gasteiger partial charge in [-0.2, -0.15) is 0 Å². The van der Waals surface area contributed by atoms with Crippen LogP contribution in [-0.4, -0.2) is 50.0 Å². The number of alkyl halides is 1. The molecule has 0 amide bonds. The molecule has 1 aliphatic heterocycles. The lowest BCUT2D eigenvalue weighted by atomic mass is 10.1. The highest BCUT2D eigenvalue weighted by molar-refractivity contribution is 6.74. The van der Waals surface area contributed by atoms with E-state index in [9.17, 15) is 9.59 Å². The van der Waals surface area contributed by atoms with E-state index in [2.05, 4.69) is 25.8 Å². The number of H-pyrrole nitrogens is 1. The first-order valence-electron chi connectivity index (χ1n) is 10.5. The van der Waals surface area contributed by atoms with Crippen molar-refractivity contribution in [2.75, 3.05) is 13.7 Å². The van der Waals surface area contributed by atoms with Crippen LogP contribution in [-0.2, 0) is 9.16 Å². The number of nitrogens with zero attached hydrogens (tertiary/aromatic N) is 1. The Morgan fingerprint density at radius 2 is 1.75 bits per heavy atom.